The fourth-order valence-electron chi connectivity index (χ4n) is 2.93. The van der Waals surface area contributed by atoms with E-state index in [1.807, 2.05) is 32.0 Å². The van der Waals surface area contributed by atoms with E-state index in [4.69, 9.17) is 4.74 Å². The molecule has 0 bridgehead atoms. The van der Waals surface area contributed by atoms with E-state index in [0.717, 1.165) is 18.8 Å². The molecule has 1 N–H and O–H groups in total. The Kier molecular flexibility index (Phi) is 4.88. The largest absolute Gasteiger partial charge is 0.494 e. The molecule has 1 heterocycles. The number of rotatable bonds is 5. The molecule has 1 aliphatic rings. The Hall–Kier alpha value is -1.55. The number of benzene rings is 1. The number of hydrogen-bond donors (Lipinski definition) is 1. The molecule has 1 fully saturated rings. The second kappa shape index (κ2) is 6.48. The standard InChI is InChI=1S/C17H25NO3/c1-4-21-15-8-6-5-7-14(15)13(2)18-11-9-17(3,10-12-18)16(19)20/h5-8,13H,4,9-12H2,1-3H3,(H,19,20). The minimum absolute atomic E-state index is 0.242. The summed E-state index contributed by atoms with van der Waals surface area (Å²) in [6, 6.07) is 8.35. The summed E-state index contributed by atoms with van der Waals surface area (Å²) in [6.07, 6.45) is 1.40. The van der Waals surface area contributed by atoms with Gasteiger partial charge >= 0.3 is 5.97 Å². The SMILES string of the molecule is CCOc1ccccc1C(C)N1CCC(C)(C(=O)O)CC1. The third kappa shape index (κ3) is 3.38. The molecule has 21 heavy (non-hydrogen) atoms. The summed E-state index contributed by atoms with van der Waals surface area (Å²) in [6.45, 7) is 8.28. The zero-order valence-corrected chi connectivity index (χ0v) is 13.1. The van der Waals surface area contributed by atoms with Gasteiger partial charge in [-0.15, -0.1) is 0 Å². The first-order valence-electron chi connectivity index (χ1n) is 7.67. The Morgan fingerprint density at radius 2 is 2.00 bits per heavy atom. The van der Waals surface area contributed by atoms with Crippen LogP contribution in [-0.4, -0.2) is 35.7 Å². The predicted octanol–water partition coefficient (Wildman–Crippen LogP) is 3.33. The van der Waals surface area contributed by atoms with Crippen molar-refractivity contribution in [1.29, 1.82) is 0 Å². The molecule has 1 atom stereocenters. The van der Waals surface area contributed by atoms with Crippen LogP contribution >= 0.6 is 0 Å². The summed E-state index contributed by atoms with van der Waals surface area (Å²) in [7, 11) is 0. The number of carboxylic acids is 1. The first-order valence-corrected chi connectivity index (χ1v) is 7.67. The lowest BCUT2D eigenvalue weighted by Crippen LogP contribution is -2.43. The van der Waals surface area contributed by atoms with Crippen molar-refractivity contribution in [2.24, 2.45) is 5.41 Å². The highest BCUT2D eigenvalue weighted by Crippen LogP contribution is 2.36. The van der Waals surface area contributed by atoms with Gasteiger partial charge in [-0.2, -0.15) is 0 Å². The van der Waals surface area contributed by atoms with Crippen molar-refractivity contribution in [2.45, 2.75) is 39.7 Å². The minimum Gasteiger partial charge on any atom is -0.494 e. The van der Waals surface area contributed by atoms with Crippen LogP contribution in [0.1, 0.15) is 45.2 Å². The lowest BCUT2D eigenvalue weighted by Gasteiger charge is -2.39. The molecule has 1 aliphatic heterocycles. The highest BCUT2D eigenvalue weighted by molar-refractivity contribution is 5.74. The molecular formula is C17H25NO3. The van der Waals surface area contributed by atoms with Gasteiger partial charge in [0, 0.05) is 11.6 Å². The number of nitrogens with zero attached hydrogens (tertiary/aromatic N) is 1. The van der Waals surface area contributed by atoms with Crippen molar-refractivity contribution >= 4 is 5.97 Å². The van der Waals surface area contributed by atoms with Crippen LogP contribution in [0, 0.1) is 5.41 Å². The highest BCUT2D eigenvalue weighted by Gasteiger charge is 2.38. The third-order valence-electron chi connectivity index (χ3n) is 4.63. The van der Waals surface area contributed by atoms with Crippen molar-refractivity contribution in [3.63, 3.8) is 0 Å². The van der Waals surface area contributed by atoms with E-state index in [9.17, 15) is 9.90 Å². The Balaban J connectivity index is 2.09. The van der Waals surface area contributed by atoms with E-state index in [1.165, 1.54) is 5.56 Å². The number of ether oxygens (including phenoxy) is 1. The van der Waals surface area contributed by atoms with E-state index in [0.29, 0.717) is 19.4 Å². The number of carboxylic acid groups (broad SMARTS) is 1. The monoisotopic (exact) mass is 291 g/mol. The summed E-state index contributed by atoms with van der Waals surface area (Å²) in [5.41, 5.74) is 0.605. The fraction of sp³-hybridized carbons (Fsp3) is 0.588. The zero-order valence-electron chi connectivity index (χ0n) is 13.1. The quantitative estimate of drug-likeness (QED) is 0.904. The summed E-state index contributed by atoms with van der Waals surface area (Å²) < 4.78 is 5.71. The zero-order chi connectivity index (χ0) is 15.5. The van der Waals surface area contributed by atoms with E-state index in [1.54, 1.807) is 0 Å². The smallest absolute Gasteiger partial charge is 0.309 e. The number of carbonyl (C=O) groups is 1. The molecule has 1 saturated heterocycles. The van der Waals surface area contributed by atoms with Crippen molar-refractivity contribution < 1.29 is 14.6 Å². The first-order chi connectivity index (χ1) is 9.98. The maximum atomic E-state index is 11.3. The molecule has 0 aromatic heterocycles. The molecule has 4 heteroatoms. The van der Waals surface area contributed by atoms with Gasteiger partial charge in [-0.05, 0) is 52.8 Å². The number of likely N-dealkylation sites (tertiary alicyclic amines) is 1. The van der Waals surface area contributed by atoms with Crippen LogP contribution < -0.4 is 4.74 Å². The van der Waals surface area contributed by atoms with Crippen molar-refractivity contribution in [3.05, 3.63) is 29.8 Å². The van der Waals surface area contributed by atoms with E-state index >= 15 is 0 Å². The Labute approximate surface area is 126 Å². The molecule has 116 valence electrons. The Bertz CT molecular complexity index is 493. The van der Waals surface area contributed by atoms with Crippen LogP contribution in [0.3, 0.4) is 0 Å². The Morgan fingerprint density at radius 1 is 1.38 bits per heavy atom. The molecule has 0 spiro atoms. The lowest BCUT2D eigenvalue weighted by atomic mass is 9.80. The van der Waals surface area contributed by atoms with Gasteiger partial charge in [0.25, 0.3) is 0 Å². The van der Waals surface area contributed by atoms with Crippen LogP contribution in [-0.2, 0) is 4.79 Å². The van der Waals surface area contributed by atoms with E-state index < -0.39 is 11.4 Å². The molecule has 0 radical (unpaired) electrons. The van der Waals surface area contributed by atoms with Crippen LogP contribution in [0.15, 0.2) is 24.3 Å². The summed E-state index contributed by atoms with van der Waals surface area (Å²) in [5.74, 6) is 0.253. The van der Waals surface area contributed by atoms with Gasteiger partial charge < -0.3 is 9.84 Å². The van der Waals surface area contributed by atoms with Crippen molar-refractivity contribution in [2.75, 3.05) is 19.7 Å². The number of para-hydroxylation sites is 1. The van der Waals surface area contributed by atoms with Gasteiger partial charge in [-0.1, -0.05) is 18.2 Å². The Morgan fingerprint density at radius 3 is 2.57 bits per heavy atom. The third-order valence-corrected chi connectivity index (χ3v) is 4.63. The van der Waals surface area contributed by atoms with Crippen LogP contribution in [0.25, 0.3) is 0 Å². The van der Waals surface area contributed by atoms with E-state index in [2.05, 4.69) is 17.9 Å². The molecule has 0 amide bonds. The number of aliphatic carboxylic acids is 1. The predicted molar refractivity (Wildman–Crippen MR) is 82.6 cm³/mol. The maximum absolute atomic E-state index is 11.3. The lowest BCUT2D eigenvalue weighted by molar-refractivity contribution is -0.151. The normalized spacial score (nSPS) is 20.0. The van der Waals surface area contributed by atoms with Crippen molar-refractivity contribution in [3.8, 4) is 5.75 Å². The van der Waals surface area contributed by atoms with Gasteiger partial charge in [0.1, 0.15) is 5.75 Å². The molecule has 1 aromatic rings. The molecular weight excluding hydrogens is 266 g/mol. The van der Waals surface area contributed by atoms with Gasteiger partial charge in [0.15, 0.2) is 0 Å². The second-order valence-electron chi connectivity index (χ2n) is 6.05. The van der Waals surface area contributed by atoms with Gasteiger partial charge in [-0.3, -0.25) is 9.69 Å². The second-order valence-corrected chi connectivity index (χ2v) is 6.05. The number of hydrogen-bond acceptors (Lipinski definition) is 3. The van der Waals surface area contributed by atoms with Crippen LogP contribution in [0.5, 0.6) is 5.75 Å². The molecule has 1 aromatic carbocycles. The van der Waals surface area contributed by atoms with Crippen molar-refractivity contribution in [1.82, 2.24) is 4.90 Å². The topological polar surface area (TPSA) is 49.8 Å². The van der Waals surface area contributed by atoms with Gasteiger partial charge in [0.05, 0.1) is 12.0 Å². The van der Waals surface area contributed by atoms with Gasteiger partial charge in [0.2, 0.25) is 0 Å². The highest BCUT2D eigenvalue weighted by atomic mass is 16.5. The molecule has 4 nitrogen and oxygen atoms in total. The fourth-order valence-corrected chi connectivity index (χ4v) is 2.93. The average Bonchev–Trinajstić information content (AvgIpc) is 2.48. The van der Waals surface area contributed by atoms with Crippen LogP contribution in [0.4, 0.5) is 0 Å². The number of piperidine rings is 1. The van der Waals surface area contributed by atoms with Crippen LogP contribution in [0.2, 0.25) is 0 Å². The summed E-state index contributed by atoms with van der Waals surface area (Å²) >= 11 is 0. The van der Waals surface area contributed by atoms with Gasteiger partial charge in [-0.25, -0.2) is 0 Å². The van der Waals surface area contributed by atoms with E-state index in [-0.39, 0.29) is 6.04 Å². The average molecular weight is 291 g/mol. The minimum atomic E-state index is -0.676. The molecule has 0 aliphatic carbocycles. The first kappa shape index (κ1) is 15.8. The summed E-state index contributed by atoms with van der Waals surface area (Å²) in [4.78, 5) is 13.7. The maximum Gasteiger partial charge on any atom is 0.309 e. The summed E-state index contributed by atoms with van der Waals surface area (Å²) in [5, 5.41) is 9.31. The molecule has 1 unspecified atom stereocenters. The molecule has 0 saturated carbocycles. The molecule has 2 rings (SSSR count).